The Morgan fingerprint density at radius 1 is 1.17 bits per heavy atom. The fourth-order valence-electron chi connectivity index (χ4n) is 3.70. The summed E-state index contributed by atoms with van der Waals surface area (Å²) < 4.78 is 0. The van der Waals surface area contributed by atoms with Crippen LogP contribution in [0.15, 0.2) is 47.3 Å². The predicted molar refractivity (Wildman–Crippen MR) is 95.5 cm³/mol. The minimum absolute atomic E-state index is 0.0232. The van der Waals surface area contributed by atoms with Crippen molar-refractivity contribution in [2.45, 2.75) is 31.7 Å². The lowest BCUT2D eigenvalue weighted by atomic mass is 10.1. The molecule has 1 aliphatic carbocycles. The van der Waals surface area contributed by atoms with Crippen molar-refractivity contribution in [2.24, 2.45) is 0 Å². The first-order chi connectivity index (χ1) is 11.8. The van der Waals surface area contributed by atoms with Gasteiger partial charge >= 0.3 is 0 Å². The second-order valence-corrected chi connectivity index (χ2v) is 6.86. The normalized spacial score (nSPS) is 16.6. The molecular formula is C20H19N3O. The number of rotatable bonds is 3. The third-order valence-electron chi connectivity index (χ3n) is 5.15. The van der Waals surface area contributed by atoms with E-state index in [1.54, 1.807) is 0 Å². The third kappa shape index (κ3) is 2.30. The Morgan fingerprint density at radius 3 is 2.92 bits per heavy atom. The van der Waals surface area contributed by atoms with Gasteiger partial charge in [-0.3, -0.25) is 4.79 Å². The van der Waals surface area contributed by atoms with Crippen molar-refractivity contribution in [3.8, 4) is 0 Å². The summed E-state index contributed by atoms with van der Waals surface area (Å²) in [5.74, 6) is 1.39. The van der Waals surface area contributed by atoms with Gasteiger partial charge in [-0.25, -0.2) is 4.98 Å². The van der Waals surface area contributed by atoms with Crippen molar-refractivity contribution in [2.75, 3.05) is 11.4 Å². The molecule has 0 radical (unpaired) electrons. The third-order valence-corrected chi connectivity index (χ3v) is 5.15. The molecule has 24 heavy (non-hydrogen) atoms. The first-order valence-corrected chi connectivity index (χ1v) is 8.64. The Hall–Kier alpha value is -2.62. The van der Waals surface area contributed by atoms with Crippen LogP contribution in [0.3, 0.4) is 0 Å². The van der Waals surface area contributed by atoms with Gasteiger partial charge in [0, 0.05) is 12.2 Å². The standard InChI is InChI=1S/C20H19N3O/c24-20-16-11-15(13-5-6-13)7-8-17(16)21-19(22-20)12-23-10-9-14-3-1-2-4-18(14)23/h1-4,7-8,11,13H,5-6,9-10,12H2,(H,21,22,24). The van der Waals surface area contributed by atoms with Crippen LogP contribution >= 0.6 is 0 Å². The van der Waals surface area contributed by atoms with Gasteiger partial charge in [-0.2, -0.15) is 0 Å². The van der Waals surface area contributed by atoms with E-state index in [0.29, 0.717) is 17.8 Å². The zero-order valence-corrected chi connectivity index (χ0v) is 13.5. The number of benzene rings is 2. The molecule has 2 aliphatic rings. The highest BCUT2D eigenvalue weighted by Crippen LogP contribution is 2.40. The number of fused-ring (bicyclic) bond motifs is 2. The van der Waals surface area contributed by atoms with Gasteiger partial charge in [0.1, 0.15) is 5.82 Å². The molecule has 2 heterocycles. The summed E-state index contributed by atoms with van der Waals surface area (Å²) in [5, 5.41) is 0.713. The van der Waals surface area contributed by atoms with Crippen molar-refractivity contribution in [3.63, 3.8) is 0 Å². The number of nitrogens with one attached hydrogen (secondary N) is 1. The highest BCUT2D eigenvalue weighted by atomic mass is 16.1. The number of anilines is 1. The molecule has 1 fully saturated rings. The summed E-state index contributed by atoms with van der Waals surface area (Å²) in [7, 11) is 0. The van der Waals surface area contributed by atoms with Crippen LogP contribution in [-0.2, 0) is 13.0 Å². The summed E-state index contributed by atoms with van der Waals surface area (Å²) in [5.41, 5.74) is 4.67. The van der Waals surface area contributed by atoms with Crippen LogP contribution < -0.4 is 10.5 Å². The van der Waals surface area contributed by atoms with E-state index in [0.717, 1.165) is 24.3 Å². The summed E-state index contributed by atoms with van der Waals surface area (Å²) in [6, 6.07) is 14.6. The number of aromatic nitrogens is 2. The molecule has 1 saturated carbocycles. The summed E-state index contributed by atoms with van der Waals surface area (Å²) >= 11 is 0. The van der Waals surface area contributed by atoms with Crippen LogP contribution in [0, 0.1) is 0 Å². The number of aromatic amines is 1. The van der Waals surface area contributed by atoms with Gasteiger partial charge in [0.05, 0.1) is 17.4 Å². The van der Waals surface area contributed by atoms with Crippen LogP contribution in [-0.4, -0.2) is 16.5 Å². The fourth-order valence-corrected chi connectivity index (χ4v) is 3.70. The average Bonchev–Trinajstić information content (AvgIpc) is 3.37. The van der Waals surface area contributed by atoms with E-state index < -0.39 is 0 Å². The van der Waals surface area contributed by atoms with Crippen LogP contribution in [0.25, 0.3) is 10.9 Å². The van der Waals surface area contributed by atoms with Gasteiger partial charge in [0.15, 0.2) is 0 Å². The molecule has 0 amide bonds. The second kappa shape index (κ2) is 5.20. The molecule has 1 aromatic heterocycles. The number of para-hydroxylation sites is 1. The van der Waals surface area contributed by atoms with Crippen molar-refractivity contribution < 1.29 is 0 Å². The number of hydrogen-bond acceptors (Lipinski definition) is 3. The molecule has 5 rings (SSSR count). The highest BCUT2D eigenvalue weighted by molar-refractivity contribution is 5.78. The van der Waals surface area contributed by atoms with E-state index >= 15 is 0 Å². The maximum absolute atomic E-state index is 12.5. The van der Waals surface area contributed by atoms with Gasteiger partial charge in [-0.1, -0.05) is 24.3 Å². The topological polar surface area (TPSA) is 49.0 Å². The number of hydrogen-bond donors (Lipinski definition) is 1. The van der Waals surface area contributed by atoms with E-state index in [1.165, 1.54) is 29.7 Å². The summed E-state index contributed by atoms with van der Waals surface area (Å²) in [6.45, 7) is 1.62. The van der Waals surface area contributed by atoms with Crippen molar-refractivity contribution >= 4 is 16.6 Å². The van der Waals surface area contributed by atoms with Crippen molar-refractivity contribution in [1.82, 2.24) is 9.97 Å². The van der Waals surface area contributed by atoms with E-state index in [9.17, 15) is 4.79 Å². The average molecular weight is 317 g/mol. The molecule has 0 spiro atoms. The van der Waals surface area contributed by atoms with Gasteiger partial charge in [0.25, 0.3) is 5.56 Å². The van der Waals surface area contributed by atoms with E-state index in [2.05, 4.69) is 40.2 Å². The molecular weight excluding hydrogens is 298 g/mol. The second-order valence-electron chi connectivity index (χ2n) is 6.86. The van der Waals surface area contributed by atoms with Crippen LogP contribution in [0.5, 0.6) is 0 Å². The molecule has 0 unspecified atom stereocenters. The predicted octanol–water partition coefficient (Wildman–Crippen LogP) is 3.36. The highest BCUT2D eigenvalue weighted by Gasteiger charge is 2.24. The Morgan fingerprint density at radius 2 is 2.04 bits per heavy atom. The lowest BCUT2D eigenvalue weighted by Gasteiger charge is -2.18. The molecule has 0 bridgehead atoms. The Kier molecular flexibility index (Phi) is 2.98. The monoisotopic (exact) mass is 317 g/mol. The Bertz CT molecular complexity index is 988. The molecule has 3 aromatic rings. The van der Waals surface area contributed by atoms with Gasteiger partial charge in [-0.15, -0.1) is 0 Å². The molecule has 2 aromatic carbocycles. The van der Waals surface area contributed by atoms with E-state index in [1.807, 2.05) is 12.1 Å². The molecule has 0 atom stereocenters. The largest absolute Gasteiger partial charge is 0.364 e. The van der Waals surface area contributed by atoms with Crippen LogP contribution in [0.2, 0.25) is 0 Å². The summed E-state index contributed by atoms with van der Waals surface area (Å²) in [4.78, 5) is 22.5. The zero-order chi connectivity index (χ0) is 16.1. The van der Waals surface area contributed by atoms with Gasteiger partial charge in [0.2, 0.25) is 0 Å². The molecule has 1 aliphatic heterocycles. The van der Waals surface area contributed by atoms with Gasteiger partial charge < -0.3 is 9.88 Å². The lowest BCUT2D eigenvalue weighted by Crippen LogP contribution is -2.23. The SMILES string of the molecule is O=c1[nH]c(CN2CCc3ccccc32)nc2ccc(C3CC3)cc12. The number of nitrogens with zero attached hydrogens (tertiary/aromatic N) is 2. The van der Waals surface area contributed by atoms with Crippen LogP contribution in [0.1, 0.15) is 35.7 Å². The first-order valence-electron chi connectivity index (χ1n) is 8.64. The van der Waals surface area contributed by atoms with Crippen molar-refractivity contribution in [3.05, 3.63) is 69.8 Å². The maximum Gasteiger partial charge on any atom is 0.258 e. The fraction of sp³-hybridized carbons (Fsp3) is 0.300. The van der Waals surface area contributed by atoms with Crippen molar-refractivity contribution in [1.29, 1.82) is 0 Å². The molecule has 4 heteroatoms. The Labute approximate surface area is 140 Å². The lowest BCUT2D eigenvalue weighted by molar-refractivity contribution is 0.787. The number of H-pyrrole nitrogens is 1. The molecule has 120 valence electrons. The minimum atomic E-state index is -0.0232. The maximum atomic E-state index is 12.5. The quantitative estimate of drug-likeness (QED) is 0.806. The smallest absolute Gasteiger partial charge is 0.258 e. The first kappa shape index (κ1) is 13.8. The Balaban J connectivity index is 1.50. The molecule has 4 nitrogen and oxygen atoms in total. The van der Waals surface area contributed by atoms with E-state index in [-0.39, 0.29) is 5.56 Å². The summed E-state index contributed by atoms with van der Waals surface area (Å²) in [6.07, 6.45) is 3.53. The molecule has 0 saturated heterocycles. The molecule has 1 N–H and O–H groups in total. The van der Waals surface area contributed by atoms with Gasteiger partial charge in [-0.05, 0) is 54.5 Å². The minimum Gasteiger partial charge on any atom is -0.364 e. The zero-order valence-electron chi connectivity index (χ0n) is 13.5. The van der Waals surface area contributed by atoms with E-state index in [4.69, 9.17) is 4.98 Å². The van der Waals surface area contributed by atoms with Crippen LogP contribution in [0.4, 0.5) is 5.69 Å².